The summed E-state index contributed by atoms with van der Waals surface area (Å²) in [5.41, 5.74) is 5.63. The number of fused-ring (bicyclic) bond motifs is 3. The molecule has 0 bridgehead atoms. The molecular formula is C32H35N3O5. The van der Waals surface area contributed by atoms with Gasteiger partial charge in [0, 0.05) is 37.5 Å². The molecule has 3 aromatic rings. The van der Waals surface area contributed by atoms with Crippen molar-refractivity contribution in [3.63, 3.8) is 0 Å². The van der Waals surface area contributed by atoms with Crippen molar-refractivity contribution >= 4 is 18.0 Å². The Morgan fingerprint density at radius 3 is 2.23 bits per heavy atom. The first-order valence-electron chi connectivity index (χ1n) is 13.8. The smallest absolute Gasteiger partial charge is 0.407 e. The van der Waals surface area contributed by atoms with Gasteiger partial charge in [0.15, 0.2) is 0 Å². The molecule has 1 saturated heterocycles. The van der Waals surface area contributed by atoms with Crippen LogP contribution in [0.5, 0.6) is 0 Å². The summed E-state index contributed by atoms with van der Waals surface area (Å²) in [4.78, 5) is 39.7. The molecule has 1 heterocycles. The van der Waals surface area contributed by atoms with Gasteiger partial charge >= 0.3 is 12.1 Å². The number of alkyl carbamates (subject to hydrolysis) is 1. The fraction of sp³-hybridized carbons (Fsp3) is 0.344. The maximum Gasteiger partial charge on any atom is 0.407 e. The molecule has 2 amide bonds. The van der Waals surface area contributed by atoms with Crippen LogP contribution < -0.4 is 10.6 Å². The number of aliphatic carboxylic acids is 1. The number of rotatable bonds is 10. The first kappa shape index (κ1) is 27.4. The van der Waals surface area contributed by atoms with Crippen LogP contribution in [0.25, 0.3) is 11.1 Å². The lowest BCUT2D eigenvalue weighted by atomic mass is 9.98. The molecule has 3 N–H and O–H groups in total. The monoisotopic (exact) mass is 541 g/mol. The lowest BCUT2D eigenvalue weighted by Gasteiger charge is -2.22. The van der Waals surface area contributed by atoms with Crippen LogP contribution in [0.15, 0.2) is 78.9 Å². The van der Waals surface area contributed by atoms with Crippen LogP contribution in [-0.2, 0) is 20.9 Å². The summed E-state index contributed by atoms with van der Waals surface area (Å²) in [6, 6.07) is 25.5. The van der Waals surface area contributed by atoms with Gasteiger partial charge in [-0.2, -0.15) is 0 Å². The van der Waals surface area contributed by atoms with Gasteiger partial charge in [0.05, 0.1) is 0 Å². The van der Waals surface area contributed by atoms with E-state index in [0.717, 1.165) is 35.2 Å². The molecule has 0 spiro atoms. The Bertz CT molecular complexity index is 1320. The Hall–Kier alpha value is -4.17. The first-order chi connectivity index (χ1) is 19.4. The van der Waals surface area contributed by atoms with Gasteiger partial charge < -0.3 is 20.5 Å². The lowest BCUT2D eigenvalue weighted by Crippen LogP contribution is -2.50. The third-order valence-electron chi connectivity index (χ3n) is 7.88. The van der Waals surface area contributed by atoms with E-state index in [0.29, 0.717) is 6.54 Å². The van der Waals surface area contributed by atoms with Crippen LogP contribution >= 0.6 is 0 Å². The highest BCUT2D eigenvalue weighted by Gasteiger charge is 2.33. The Morgan fingerprint density at radius 2 is 1.57 bits per heavy atom. The second-order valence-corrected chi connectivity index (χ2v) is 10.7. The highest BCUT2D eigenvalue weighted by Crippen LogP contribution is 2.44. The van der Waals surface area contributed by atoms with E-state index < -0.39 is 24.0 Å². The van der Waals surface area contributed by atoms with E-state index in [2.05, 4.69) is 46.7 Å². The third kappa shape index (κ3) is 6.34. The molecule has 3 atom stereocenters. The van der Waals surface area contributed by atoms with Crippen LogP contribution in [0.4, 0.5) is 4.79 Å². The summed E-state index contributed by atoms with van der Waals surface area (Å²) in [5.74, 6) is -1.54. The van der Waals surface area contributed by atoms with Crippen molar-refractivity contribution in [1.29, 1.82) is 0 Å². The molecule has 2 aliphatic rings. The van der Waals surface area contributed by atoms with Gasteiger partial charge in [-0.15, -0.1) is 0 Å². The van der Waals surface area contributed by atoms with E-state index in [-0.39, 0.29) is 37.5 Å². The van der Waals surface area contributed by atoms with Gasteiger partial charge in [-0.1, -0.05) is 78.9 Å². The standard InChI is InChI=1S/C32H35N3O5/c1-21-17-23(19-35(21)18-22-9-3-2-4-10-22)33-31(38)29(15-16-30(36)37)34-32(39)40-20-28-26-13-7-5-11-24(26)25-12-6-8-14-27(25)28/h2-14,21,23,28-29H,15-20H2,1H3,(H,33,38)(H,34,39)(H,36,37). The van der Waals surface area contributed by atoms with Crippen LogP contribution in [0.3, 0.4) is 0 Å². The zero-order valence-corrected chi connectivity index (χ0v) is 22.6. The highest BCUT2D eigenvalue weighted by atomic mass is 16.5. The fourth-order valence-electron chi connectivity index (χ4n) is 5.86. The van der Waals surface area contributed by atoms with Crippen LogP contribution in [0.1, 0.15) is 48.8 Å². The van der Waals surface area contributed by atoms with Gasteiger partial charge in [0.25, 0.3) is 0 Å². The maximum atomic E-state index is 13.2. The largest absolute Gasteiger partial charge is 0.481 e. The van der Waals surface area contributed by atoms with Crippen LogP contribution in [-0.4, -0.2) is 59.3 Å². The molecule has 5 rings (SSSR count). The topological polar surface area (TPSA) is 108 Å². The molecule has 0 saturated carbocycles. The molecular weight excluding hydrogens is 506 g/mol. The molecule has 208 valence electrons. The average molecular weight is 542 g/mol. The molecule has 8 nitrogen and oxygen atoms in total. The minimum absolute atomic E-state index is 0.0264. The molecule has 40 heavy (non-hydrogen) atoms. The average Bonchev–Trinajstić information content (AvgIpc) is 3.46. The van der Waals surface area contributed by atoms with E-state index in [4.69, 9.17) is 4.74 Å². The quantitative estimate of drug-likeness (QED) is 0.348. The normalized spacial score (nSPS) is 18.9. The zero-order chi connectivity index (χ0) is 28.1. The molecule has 1 aliphatic carbocycles. The number of ether oxygens (including phenoxy) is 1. The number of carbonyl (C=O) groups is 3. The fourth-order valence-corrected chi connectivity index (χ4v) is 5.86. The molecule has 3 aromatic carbocycles. The number of likely N-dealkylation sites (tertiary alicyclic amines) is 1. The van der Waals surface area contributed by atoms with E-state index in [1.807, 2.05) is 54.6 Å². The molecule has 0 aromatic heterocycles. The third-order valence-corrected chi connectivity index (χ3v) is 7.88. The number of nitrogens with zero attached hydrogens (tertiary/aromatic N) is 1. The zero-order valence-electron chi connectivity index (χ0n) is 22.6. The van der Waals surface area contributed by atoms with Gasteiger partial charge in [-0.3, -0.25) is 14.5 Å². The molecule has 1 fully saturated rings. The minimum atomic E-state index is -1.03. The summed E-state index contributed by atoms with van der Waals surface area (Å²) in [6.45, 7) is 3.71. The van der Waals surface area contributed by atoms with Crippen molar-refractivity contribution < 1.29 is 24.2 Å². The summed E-state index contributed by atoms with van der Waals surface area (Å²) in [5, 5.41) is 14.9. The molecule has 8 heteroatoms. The second-order valence-electron chi connectivity index (χ2n) is 10.7. The summed E-state index contributed by atoms with van der Waals surface area (Å²) in [6.07, 6.45) is -0.239. The van der Waals surface area contributed by atoms with Crippen molar-refractivity contribution in [2.45, 2.75) is 56.8 Å². The summed E-state index contributed by atoms with van der Waals surface area (Å²) >= 11 is 0. The second kappa shape index (κ2) is 12.3. The van der Waals surface area contributed by atoms with E-state index in [9.17, 15) is 19.5 Å². The number of carboxylic acids is 1. The lowest BCUT2D eigenvalue weighted by molar-refractivity contribution is -0.137. The summed E-state index contributed by atoms with van der Waals surface area (Å²) < 4.78 is 5.61. The van der Waals surface area contributed by atoms with Gasteiger partial charge in [0.1, 0.15) is 12.6 Å². The van der Waals surface area contributed by atoms with Gasteiger partial charge in [-0.05, 0) is 47.6 Å². The molecule has 1 aliphatic heterocycles. The van der Waals surface area contributed by atoms with Crippen molar-refractivity contribution in [2.24, 2.45) is 0 Å². The Balaban J connectivity index is 1.19. The SMILES string of the molecule is CC1CC(NC(=O)C(CCC(=O)O)NC(=O)OCC2c3ccccc3-c3ccccc32)CN1Cc1ccccc1. The Kier molecular flexibility index (Phi) is 8.45. The predicted molar refractivity (Wildman–Crippen MR) is 152 cm³/mol. The van der Waals surface area contributed by atoms with Crippen molar-refractivity contribution in [3.05, 3.63) is 95.6 Å². The highest BCUT2D eigenvalue weighted by molar-refractivity contribution is 5.86. The van der Waals surface area contributed by atoms with Crippen molar-refractivity contribution in [2.75, 3.05) is 13.2 Å². The van der Waals surface area contributed by atoms with Crippen molar-refractivity contribution in [1.82, 2.24) is 15.5 Å². The van der Waals surface area contributed by atoms with E-state index >= 15 is 0 Å². The minimum Gasteiger partial charge on any atom is -0.481 e. The molecule has 0 radical (unpaired) electrons. The van der Waals surface area contributed by atoms with E-state index in [1.165, 1.54) is 5.56 Å². The Labute approximate surface area is 234 Å². The van der Waals surface area contributed by atoms with E-state index in [1.54, 1.807) is 0 Å². The number of carboxylic acid groups (broad SMARTS) is 1. The number of nitrogens with one attached hydrogen (secondary N) is 2. The number of amides is 2. The number of hydrogen-bond acceptors (Lipinski definition) is 5. The first-order valence-corrected chi connectivity index (χ1v) is 13.8. The van der Waals surface area contributed by atoms with Crippen LogP contribution in [0, 0.1) is 0 Å². The predicted octanol–water partition coefficient (Wildman–Crippen LogP) is 4.54. The summed E-state index contributed by atoms with van der Waals surface area (Å²) in [7, 11) is 0. The number of hydrogen-bond donors (Lipinski definition) is 3. The van der Waals surface area contributed by atoms with Crippen LogP contribution in [0.2, 0.25) is 0 Å². The Morgan fingerprint density at radius 1 is 0.950 bits per heavy atom. The van der Waals surface area contributed by atoms with Gasteiger partial charge in [-0.25, -0.2) is 4.79 Å². The number of benzene rings is 3. The van der Waals surface area contributed by atoms with Crippen molar-refractivity contribution in [3.8, 4) is 11.1 Å². The maximum absolute atomic E-state index is 13.2. The van der Waals surface area contributed by atoms with Gasteiger partial charge in [0.2, 0.25) is 5.91 Å². The number of carbonyl (C=O) groups excluding carboxylic acids is 2. The molecule has 3 unspecified atom stereocenters.